The van der Waals surface area contributed by atoms with E-state index < -0.39 is 6.04 Å². The number of nitrogen functional groups attached to an aromatic ring is 1. The van der Waals surface area contributed by atoms with Gasteiger partial charge in [-0.1, -0.05) is 0 Å². The zero-order chi connectivity index (χ0) is 13.7. The molecule has 1 fully saturated rings. The molecule has 19 heavy (non-hydrogen) atoms. The Hall–Kier alpha value is -1.91. The molecule has 1 aromatic heterocycles. The van der Waals surface area contributed by atoms with Crippen LogP contribution in [0.1, 0.15) is 17.7 Å². The van der Waals surface area contributed by atoms with Gasteiger partial charge >= 0.3 is 0 Å². The van der Waals surface area contributed by atoms with Crippen molar-refractivity contribution < 1.29 is 14.3 Å². The molecule has 3 rings (SSSR count). The van der Waals surface area contributed by atoms with Crippen LogP contribution in [0.2, 0.25) is 0 Å². The maximum Gasteiger partial charge on any atom is 0.285 e. The van der Waals surface area contributed by atoms with Gasteiger partial charge in [0.25, 0.3) is 6.04 Å². The molecule has 102 valence electrons. The fraction of sp³-hybridized carbons (Fsp3) is 0.583. The van der Waals surface area contributed by atoms with Crippen LogP contribution in [-0.2, 0) is 27.3 Å². The highest BCUT2D eigenvalue weighted by atomic mass is 16.5. The van der Waals surface area contributed by atoms with Crippen molar-refractivity contribution in [3.8, 4) is 0 Å². The van der Waals surface area contributed by atoms with Gasteiger partial charge in [-0.3, -0.25) is 9.89 Å². The van der Waals surface area contributed by atoms with Crippen LogP contribution in [0, 0.1) is 6.57 Å². The predicted molar refractivity (Wildman–Crippen MR) is 67.2 cm³/mol. The zero-order valence-electron chi connectivity index (χ0n) is 10.5. The summed E-state index contributed by atoms with van der Waals surface area (Å²) >= 11 is 0. The lowest BCUT2D eigenvalue weighted by Crippen LogP contribution is -2.29. The number of carbonyl (C=O) groups is 1. The number of aromatic amines is 1. The van der Waals surface area contributed by atoms with Crippen molar-refractivity contribution in [3.05, 3.63) is 22.7 Å². The number of aromatic nitrogens is 2. The molecule has 1 atom stereocenters. The lowest BCUT2D eigenvalue weighted by atomic mass is 10.1. The summed E-state index contributed by atoms with van der Waals surface area (Å²) in [4.78, 5) is 13.8. The number of hydrogen-bond donors (Lipinski definition) is 2. The monoisotopic (exact) mass is 264 g/mol. The molecule has 0 aliphatic carbocycles. The molecule has 1 saturated heterocycles. The number of carbonyl (C=O) groups excluding carboxylic acids is 1. The number of anilines is 1. The van der Waals surface area contributed by atoms with Crippen LogP contribution in [0.25, 0.3) is 4.85 Å². The van der Waals surface area contributed by atoms with Crippen molar-refractivity contribution in [2.24, 2.45) is 0 Å². The molecule has 3 N–H and O–H groups in total. The van der Waals surface area contributed by atoms with Crippen LogP contribution in [0.3, 0.4) is 0 Å². The summed E-state index contributed by atoms with van der Waals surface area (Å²) in [6.07, 6.45) is 1.46. The van der Waals surface area contributed by atoms with Crippen LogP contribution >= 0.6 is 0 Å². The molecular formula is C12H16N4O3. The first-order valence-corrected chi connectivity index (χ1v) is 6.08. The van der Waals surface area contributed by atoms with E-state index in [1.807, 2.05) is 0 Å². The third-order valence-corrected chi connectivity index (χ3v) is 3.04. The van der Waals surface area contributed by atoms with Crippen LogP contribution in [-0.4, -0.2) is 41.8 Å². The maximum atomic E-state index is 10.7. The summed E-state index contributed by atoms with van der Waals surface area (Å²) < 4.78 is 10.0. The van der Waals surface area contributed by atoms with Gasteiger partial charge < -0.3 is 20.1 Å². The van der Waals surface area contributed by atoms with Crippen LogP contribution < -0.4 is 5.73 Å². The molecule has 0 radical (unpaired) electrons. The Bertz CT molecular complexity index is 492. The van der Waals surface area contributed by atoms with Gasteiger partial charge in [0.05, 0.1) is 31.9 Å². The summed E-state index contributed by atoms with van der Waals surface area (Å²) in [6, 6.07) is -0.418. The van der Waals surface area contributed by atoms with E-state index in [1.54, 1.807) is 0 Å². The largest absolute Gasteiger partial charge is 0.382 e. The molecule has 0 aromatic carbocycles. The molecule has 3 heterocycles. The van der Waals surface area contributed by atoms with Crippen molar-refractivity contribution in [1.82, 2.24) is 10.2 Å². The van der Waals surface area contributed by atoms with Crippen LogP contribution in [0.5, 0.6) is 0 Å². The van der Waals surface area contributed by atoms with Gasteiger partial charge in [0, 0.05) is 12.0 Å². The molecule has 2 aliphatic heterocycles. The van der Waals surface area contributed by atoms with Crippen molar-refractivity contribution in [3.63, 3.8) is 0 Å². The second-order valence-electron chi connectivity index (χ2n) is 4.32. The Morgan fingerprint density at radius 2 is 2.16 bits per heavy atom. The Morgan fingerprint density at radius 1 is 1.37 bits per heavy atom. The molecule has 0 saturated carbocycles. The van der Waals surface area contributed by atoms with E-state index >= 15 is 0 Å². The van der Waals surface area contributed by atoms with Crippen molar-refractivity contribution in [1.29, 1.82) is 0 Å². The van der Waals surface area contributed by atoms with Crippen molar-refractivity contribution >= 4 is 11.6 Å². The Kier molecular flexibility index (Phi) is 4.49. The Balaban J connectivity index is 0.000000141. The van der Waals surface area contributed by atoms with E-state index in [4.69, 9.17) is 21.8 Å². The van der Waals surface area contributed by atoms with E-state index in [2.05, 4.69) is 15.0 Å². The topological polar surface area (TPSA) is 94.6 Å². The summed E-state index contributed by atoms with van der Waals surface area (Å²) in [5, 5.41) is 6.70. The molecule has 1 unspecified atom stereocenters. The lowest BCUT2D eigenvalue weighted by Gasteiger charge is -2.10. The summed E-state index contributed by atoms with van der Waals surface area (Å²) in [7, 11) is 0. The molecule has 7 nitrogen and oxygen atoms in total. The van der Waals surface area contributed by atoms with E-state index in [0.29, 0.717) is 25.5 Å². The number of ether oxygens (including phenoxy) is 2. The normalized spacial score (nSPS) is 21.8. The summed E-state index contributed by atoms with van der Waals surface area (Å²) in [5.41, 5.74) is 7.73. The number of nitrogens with two attached hydrogens (primary N) is 1. The van der Waals surface area contributed by atoms with E-state index in [1.165, 1.54) is 0 Å². The number of rotatable bonds is 0. The Morgan fingerprint density at radius 3 is 2.79 bits per heavy atom. The van der Waals surface area contributed by atoms with Gasteiger partial charge in [0.2, 0.25) is 5.78 Å². The second-order valence-corrected chi connectivity index (χ2v) is 4.32. The van der Waals surface area contributed by atoms with Crippen molar-refractivity contribution in [2.75, 3.05) is 25.6 Å². The second kappa shape index (κ2) is 6.31. The van der Waals surface area contributed by atoms with Gasteiger partial charge in [0.1, 0.15) is 12.4 Å². The Labute approximate surface area is 110 Å². The smallest absolute Gasteiger partial charge is 0.285 e. The van der Waals surface area contributed by atoms with E-state index in [0.717, 1.165) is 24.3 Å². The first-order valence-electron chi connectivity index (χ1n) is 6.08. The number of hydrogen-bond acceptors (Lipinski definition) is 5. The fourth-order valence-electron chi connectivity index (χ4n) is 1.93. The molecule has 0 bridgehead atoms. The van der Waals surface area contributed by atoms with E-state index in [-0.39, 0.29) is 12.4 Å². The highest BCUT2D eigenvalue weighted by Gasteiger charge is 2.26. The lowest BCUT2D eigenvalue weighted by molar-refractivity contribution is -0.127. The average molecular weight is 264 g/mol. The van der Waals surface area contributed by atoms with Gasteiger partial charge in [-0.25, -0.2) is 6.57 Å². The number of nitrogens with zero attached hydrogens (tertiary/aromatic N) is 2. The third-order valence-electron chi connectivity index (χ3n) is 3.04. The first kappa shape index (κ1) is 13.5. The van der Waals surface area contributed by atoms with Gasteiger partial charge in [0.15, 0.2) is 0 Å². The minimum atomic E-state index is -0.418. The number of H-pyrrole nitrogens is 1. The number of ketones is 1. The summed E-state index contributed by atoms with van der Waals surface area (Å²) in [5.74, 6) is 0.551. The first-order chi connectivity index (χ1) is 9.22. The minimum absolute atomic E-state index is 0.0729. The minimum Gasteiger partial charge on any atom is -0.382 e. The highest BCUT2D eigenvalue weighted by Crippen LogP contribution is 2.18. The number of nitrogens with one attached hydrogen (secondary N) is 1. The fourth-order valence-corrected chi connectivity index (χ4v) is 1.93. The molecule has 2 aliphatic rings. The average Bonchev–Trinajstić information content (AvgIpc) is 2.82. The molecule has 0 spiro atoms. The van der Waals surface area contributed by atoms with Crippen LogP contribution in [0.15, 0.2) is 0 Å². The quantitative estimate of drug-likeness (QED) is 0.658. The SMILES string of the molecule is Nc1n[nH]c2c1CCOC2.[C-]#[N+]C1CCOCC1=O. The number of Topliss-reactive ketones (excluding diaryl/α,β-unsaturated/α-hetero) is 1. The summed E-state index contributed by atoms with van der Waals surface area (Å²) in [6.45, 7) is 8.65. The van der Waals surface area contributed by atoms with E-state index in [9.17, 15) is 4.79 Å². The van der Waals surface area contributed by atoms with Crippen molar-refractivity contribution in [2.45, 2.75) is 25.5 Å². The zero-order valence-corrected chi connectivity index (χ0v) is 10.5. The predicted octanol–water partition coefficient (Wildman–Crippen LogP) is 0.328. The third kappa shape index (κ3) is 3.30. The molecule has 1 aromatic rings. The maximum absolute atomic E-state index is 10.7. The molecule has 0 amide bonds. The molecule has 7 heteroatoms. The van der Waals surface area contributed by atoms with Crippen LogP contribution in [0.4, 0.5) is 5.82 Å². The van der Waals surface area contributed by atoms with Gasteiger partial charge in [-0.2, -0.15) is 5.10 Å². The number of fused-ring (bicyclic) bond motifs is 1. The van der Waals surface area contributed by atoms with Gasteiger partial charge in [-0.15, -0.1) is 0 Å². The standard InChI is InChI=1S/C6H9N3O.C6H7NO2/c7-6-4-1-2-10-3-5(4)8-9-6;1-7-5-2-3-9-4-6(5)8/h1-3H2,(H3,7,8,9);5H,2-4H2. The van der Waals surface area contributed by atoms with Gasteiger partial charge in [-0.05, 0) is 0 Å². The highest BCUT2D eigenvalue weighted by molar-refractivity contribution is 5.87. The molecular weight excluding hydrogens is 248 g/mol.